The molecule has 0 saturated heterocycles. The van der Waals surface area contributed by atoms with Crippen molar-refractivity contribution in [3.8, 4) is 11.5 Å². The summed E-state index contributed by atoms with van der Waals surface area (Å²) in [4.78, 5) is 14.8. The van der Waals surface area contributed by atoms with Crippen molar-refractivity contribution in [1.82, 2.24) is 10.4 Å². The molecule has 0 fully saturated rings. The Hall–Kier alpha value is -2.28. The Morgan fingerprint density at radius 1 is 1.26 bits per heavy atom. The number of hydrogen-bond acceptors (Lipinski definition) is 4. The molecule has 1 aromatic heterocycles. The molecule has 3 rings (SSSR count). The van der Waals surface area contributed by atoms with Crippen LogP contribution in [-0.2, 0) is 0 Å². The topological polar surface area (TPSA) is 75.7 Å². The van der Waals surface area contributed by atoms with Crippen molar-refractivity contribution < 1.29 is 14.3 Å². The number of aromatic nitrogens is 1. The smallest absolute Gasteiger partial charge is 0.287 e. The third-order valence-electron chi connectivity index (χ3n) is 3.38. The SMILES string of the molecule is C/C(=N\NC(=O)c1cc(Br)c[nH]1)c1ccc2c(c1)OCCCO2. The lowest BCUT2D eigenvalue weighted by Gasteiger charge is -2.09. The zero-order valence-corrected chi connectivity index (χ0v) is 14.1. The number of amides is 1. The highest BCUT2D eigenvalue weighted by Crippen LogP contribution is 2.30. The number of carbonyl (C=O) groups excluding carboxylic acids is 1. The van der Waals surface area contributed by atoms with Gasteiger partial charge in [0.25, 0.3) is 5.91 Å². The van der Waals surface area contributed by atoms with Crippen molar-refractivity contribution in [2.45, 2.75) is 13.3 Å². The summed E-state index contributed by atoms with van der Waals surface area (Å²) < 4.78 is 12.1. The first kappa shape index (κ1) is 15.6. The second-order valence-corrected chi connectivity index (χ2v) is 6.00. The van der Waals surface area contributed by atoms with Gasteiger partial charge in [0.1, 0.15) is 5.69 Å². The first-order valence-electron chi connectivity index (χ1n) is 7.22. The van der Waals surface area contributed by atoms with Crippen LogP contribution < -0.4 is 14.9 Å². The largest absolute Gasteiger partial charge is 0.490 e. The van der Waals surface area contributed by atoms with Gasteiger partial charge >= 0.3 is 0 Å². The minimum atomic E-state index is -0.301. The second-order valence-electron chi connectivity index (χ2n) is 5.08. The Kier molecular flexibility index (Phi) is 4.66. The van der Waals surface area contributed by atoms with E-state index in [1.165, 1.54) is 0 Å². The van der Waals surface area contributed by atoms with Gasteiger partial charge in [-0.05, 0) is 47.1 Å². The zero-order valence-electron chi connectivity index (χ0n) is 12.6. The fourth-order valence-corrected chi connectivity index (χ4v) is 2.49. The lowest BCUT2D eigenvalue weighted by atomic mass is 10.1. The molecule has 6 nitrogen and oxygen atoms in total. The Bertz CT molecular complexity index is 755. The average Bonchev–Trinajstić information content (AvgIpc) is 2.85. The van der Waals surface area contributed by atoms with E-state index in [0.29, 0.717) is 30.4 Å². The second kappa shape index (κ2) is 6.87. The molecule has 0 bridgehead atoms. The average molecular weight is 378 g/mol. The van der Waals surface area contributed by atoms with Crippen LogP contribution in [0.3, 0.4) is 0 Å². The molecule has 1 aliphatic rings. The molecular weight excluding hydrogens is 362 g/mol. The summed E-state index contributed by atoms with van der Waals surface area (Å²) in [5.74, 6) is 1.14. The van der Waals surface area contributed by atoms with Crippen molar-refractivity contribution in [1.29, 1.82) is 0 Å². The summed E-state index contributed by atoms with van der Waals surface area (Å²) in [5, 5.41) is 4.14. The number of fused-ring (bicyclic) bond motifs is 1. The van der Waals surface area contributed by atoms with Gasteiger partial charge in [0, 0.05) is 22.7 Å². The summed E-state index contributed by atoms with van der Waals surface area (Å²) in [6.07, 6.45) is 2.55. The predicted octanol–water partition coefficient (Wildman–Crippen LogP) is 3.09. The van der Waals surface area contributed by atoms with Crippen LogP contribution in [0, 0.1) is 0 Å². The fraction of sp³-hybridized carbons (Fsp3) is 0.250. The van der Waals surface area contributed by atoms with Crippen LogP contribution in [0.5, 0.6) is 11.5 Å². The summed E-state index contributed by atoms with van der Waals surface area (Å²) >= 11 is 3.29. The Morgan fingerprint density at radius 2 is 2.04 bits per heavy atom. The first-order valence-corrected chi connectivity index (χ1v) is 8.01. The van der Waals surface area contributed by atoms with E-state index in [0.717, 1.165) is 22.2 Å². The molecule has 0 atom stereocenters. The monoisotopic (exact) mass is 377 g/mol. The molecule has 0 radical (unpaired) electrons. The van der Waals surface area contributed by atoms with E-state index in [2.05, 4.69) is 31.4 Å². The van der Waals surface area contributed by atoms with Crippen LogP contribution in [0.4, 0.5) is 0 Å². The number of halogens is 1. The van der Waals surface area contributed by atoms with Gasteiger partial charge < -0.3 is 14.5 Å². The maximum absolute atomic E-state index is 12.0. The first-order chi connectivity index (χ1) is 11.1. The van der Waals surface area contributed by atoms with Crippen molar-refractivity contribution in [3.63, 3.8) is 0 Å². The summed E-state index contributed by atoms with van der Waals surface area (Å²) in [5.41, 5.74) is 4.51. The molecule has 1 aromatic carbocycles. The maximum atomic E-state index is 12.0. The minimum absolute atomic E-state index is 0.301. The summed E-state index contributed by atoms with van der Waals surface area (Å²) in [6, 6.07) is 7.31. The molecule has 23 heavy (non-hydrogen) atoms. The third-order valence-corrected chi connectivity index (χ3v) is 3.84. The van der Waals surface area contributed by atoms with Gasteiger partial charge in [0.05, 0.1) is 18.9 Å². The number of rotatable bonds is 3. The number of hydrogen-bond donors (Lipinski definition) is 2. The normalized spacial score (nSPS) is 14.3. The van der Waals surface area contributed by atoms with E-state index in [4.69, 9.17) is 9.47 Å². The van der Waals surface area contributed by atoms with Crippen LogP contribution in [0.25, 0.3) is 0 Å². The van der Waals surface area contributed by atoms with Crippen LogP contribution in [0.15, 0.2) is 40.0 Å². The third kappa shape index (κ3) is 3.73. The Balaban J connectivity index is 1.73. The van der Waals surface area contributed by atoms with E-state index < -0.39 is 0 Å². The fourth-order valence-electron chi connectivity index (χ4n) is 2.15. The van der Waals surface area contributed by atoms with E-state index in [9.17, 15) is 4.79 Å². The Morgan fingerprint density at radius 3 is 2.78 bits per heavy atom. The highest BCUT2D eigenvalue weighted by Gasteiger charge is 2.12. The molecule has 0 unspecified atom stereocenters. The van der Waals surface area contributed by atoms with Crippen LogP contribution in [-0.4, -0.2) is 29.8 Å². The molecule has 2 heterocycles. The van der Waals surface area contributed by atoms with Gasteiger partial charge in [-0.2, -0.15) is 5.10 Å². The molecular formula is C16H16BrN3O3. The number of ether oxygens (including phenoxy) is 2. The maximum Gasteiger partial charge on any atom is 0.287 e. The van der Waals surface area contributed by atoms with Gasteiger partial charge in [-0.1, -0.05) is 0 Å². The molecule has 120 valence electrons. The van der Waals surface area contributed by atoms with Gasteiger partial charge in [0.2, 0.25) is 0 Å². The van der Waals surface area contributed by atoms with Crippen molar-refractivity contribution in [2.24, 2.45) is 5.10 Å². The number of carbonyl (C=O) groups is 1. The van der Waals surface area contributed by atoms with Crippen LogP contribution in [0.2, 0.25) is 0 Å². The van der Waals surface area contributed by atoms with E-state index in [-0.39, 0.29) is 5.91 Å². The van der Waals surface area contributed by atoms with Crippen LogP contribution in [0.1, 0.15) is 29.4 Å². The van der Waals surface area contributed by atoms with E-state index >= 15 is 0 Å². The Labute approximate surface area is 142 Å². The van der Waals surface area contributed by atoms with Gasteiger partial charge in [-0.25, -0.2) is 5.43 Å². The highest BCUT2D eigenvalue weighted by atomic mass is 79.9. The van der Waals surface area contributed by atoms with Crippen molar-refractivity contribution >= 4 is 27.5 Å². The van der Waals surface area contributed by atoms with Gasteiger partial charge in [-0.3, -0.25) is 4.79 Å². The van der Waals surface area contributed by atoms with E-state index in [1.807, 2.05) is 25.1 Å². The molecule has 1 amide bonds. The molecule has 0 saturated carbocycles. The number of nitrogens with zero attached hydrogens (tertiary/aromatic N) is 1. The number of aromatic amines is 1. The molecule has 7 heteroatoms. The van der Waals surface area contributed by atoms with E-state index in [1.54, 1.807) is 12.3 Å². The predicted molar refractivity (Wildman–Crippen MR) is 90.2 cm³/mol. The summed E-state index contributed by atoms with van der Waals surface area (Å²) in [7, 11) is 0. The number of hydrazone groups is 1. The molecule has 2 N–H and O–H groups in total. The number of H-pyrrole nitrogens is 1. The van der Waals surface area contributed by atoms with Gasteiger partial charge in [-0.15, -0.1) is 0 Å². The minimum Gasteiger partial charge on any atom is -0.490 e. The number of benzene rings is 1. The molecule has 1 aliphatic heterocycles. The van der Waals surface area contributed by atoms with Crippen molar-refractivity contribution in [3.05, 3.63) is 46.2 Å². The van der Waals surface area contributed by atoms with Crippen molar-refractivity contribution in [2.75, 3.05) is 13.2 Å². The summed E-state index contributed by atoms with van der Waals surface area (Å²) in [6.45, 7) is 3.11. The number of nitrogens with one attached hydrogen (secondary N) is 2. The lowest BCUT2D eigenvalue weighted by molar-refractivity contribution is 0.0950. The lowest BCUT2D eigenvalue weighted by Crippen LogP contribution is -2.19. The standard InChI is InChI=1S/C16H16BrN3O3/c1-10(19-20-16(21)13-8-12(17)9-18-13)11-3-4-14-15(7-11)23-6-2-5-22-14/h3-4,7-9,18H,2,5-6H2,1H3,(H,20,21)/b19-10+. The quantitative estimate of drug-likeness (QED) is 0.637. The molecule has 2 aromatic rings. The zero-order chi connectivity index (χ0) is 16.2. The molecule has 0 spiro atoms. The van der Waals surface area contributed by atoms with Gasteiger partial charge in [0.15, 0.2) is 11.5 Å². The highest BCUT2D eigenvalue weighted by molar-refractivity contribution is 9.10. The van der Waals surface area contributed by atoms with Crippen LogP contribution >= 0.6 is 15.9 Å². The molecule has 0 aliphatic carbocycles.